The Hall–Kier alpha value is -0.305. The van der Waals surface area contributed by atoms with E-state index in [0.29, 0.717) is 11.5 Å². The topological polar surface area (TPSA) is 70.6 Å². The van der Waals surface area contributed by atoms with Crippen molar-refractivity contribution < 1.29 is 25.7 Å². The van der Waals surface area contributed by atoms with Gasteiger partial charge in [0.25, 0.3) is 0 Å². The summed E-state index contributed by atoms with van der Waals surface area (Å²) in [7, 11) is -8.55. The summed E-state index contributed by atoms with van der Waals surface area (Å²) in [6.45, 7) is 0. The van der Waals surface area contributed by atoms with Gasteiger partial charge in [-0.25, -0.2) is 8.42 Å². The smallest absolute Gasteiger partial charge is 0.418 e. The molecule has 9 heteroatoms. The van der Waals surface area contributed by atoms with E-state index in [1.807, 2.05) is 0 Å². The van der Waals surface area contributed by atoms with Crippen molar-refractivity contribution in [3.63, 3.8) is 0 Å². The maximum absolute atomic E-state index is 10.4. The quantitative estimate of drug-likeness (QED) is 0.504. The molecule has 0 unspecified atom stereocenters. The highest BCUT2D eigenvalue weighted by molar-refractivity contribution is 7.91. The number of rotatable bonds is 0. The second-order valence-electron chi connectivity index (χ2n) is 2.35. The predicted molar refractivity (Wildman–Crippen MR) is 44.1 cm³/mol. The van der Waals surface area contributed by atoms with Crippen molar-refractivity contribution in [2.75, 3.05) is 11.5 Å². The molecule has 1 rings (SSSR count). The van der Waals surface area contributed by atoms with Gasteiger partial charge < -0.3 is 23.4 Å². The van der Waals surface area contributed by atoms with Crippen molar-refractivity contribution in [1.82, 2.24) is 6.15 Å². The van der Waals surface area contributed by atoms with Gasteiger partial charge in [0, 0.05) is 0 Å². The van der Waals surface area contributed by atoms with Crippen LogP contribution in [-0.4, -0.2) is 27.2 Å². The molecule has 0 saturated carbocycles. The van der Waals surface area contributed by atoms with Crippen molar-refractivity contribution in [2.45, 2.75) is 12.8 Å². The van der Waals surface area contributed by atoms with E-state index in [2.05, 4.69) is 0 Å². The zero-order valence-electron chi connectivity index (χ0n) is 7.14. The van der Waals surface area contributed by atoms with Crippen LogP contribution in [0.2, 0.25) is 0 Å². The van der Waals surface area contributed by atoms with E-state index in [1.54, 1.807) is 0 Å². The number of hydrogen-bond acceptors (Lipinski definition) is 2. The normalized spacial score (nSPS) is 19.7. The fraction of sp³-hybridized carbons (Fsp3) is 1.00. The molecule has 0 bridgehead atoms. The molecular weight excluding hydrogens is 213 g/mol. The maximum atomic E-state index is 10.4. The van der Waals surface area contributed by atoms with Gasteiger partial charge in [0.1, 0.15) is 9.84 Å². The first-order valence-electron chi connectivity index (χ1n) is 3.28. The summed E-state index contributed by atoms with van der Waals surface area (Å²) in [5.74, 6) is 0.847. The van der Waals surface area contributed by atoms with Gasteiger partial charge in [0.2, 0.25) is 0 Å². The summed E-state index contributed by atoms with van der Waals surface area (Å²) in [5.41, 5.74) is 0. The fourth-order valence-corrected chi connectivity index (χ4v) is 2.24. The molecule has 3 nitrogen and oxygen atoms in total. The predicted octanol–water partition coefficient (Wildman–Crippen LogP) is 1.87. The lowest BCUT2D eigenvalue weighted by molar-refractivity contribution is 0.368. The standard InChI is InChI=1S/C4H8O2S.BF4.H3N/c5-7(6)3-1-2-4-7;2-1(3,4)5;/h1-4H2;;1H3/q;-1;/p+1. The molecule has 1 saturated heterocycles. The Labute approximate surface area is 74.1 Å². The number of sulfone groups is 1. The minimum absolute atomic E-state index is 0. The molecule has 13 heavy (non-hydrogen) atoms. The lowest BCUT2D eigenvalue weighted by Gasteiger charge is -1.94. The highest BCUT2D eigenvalue weighted by Gasteiger charge is 2.20. The lowest BCUT2D eigenvalue weighted by Crippen LogP contribution is -2.02. The zero-order valence-corrected chi connectivity index (χ0v) is 7.96. The Kier molecular flexibility index (Phi) is 6.34. The summed E-state index contributed by atoms with van der Waals surface area (Å²) >= 11 is 0. The number of halogens is 4. The van der Waals surface area contributed by atoms with E-state index in [-0.39, 0.29) is 6.15 Å². The van der Waals surface area contributed by atoms with Crippen LogP contribution in [0.25, 0.3) is 0 Å². The van der Waals surface area contributed by atoms with Crippen LogP contribution in [0.15, 0.2) is 0 Å². The van der Waals surface area contributed by atoms with Crippen LogP contribution in [0.4, 0.5) is 17.3 Å². The molecule has 0 amide bonds. The van der Waals surface area contributed by atoms with E-state index >= 15 is 0 Å². The van der Waals surface area contributed by atoms with Gasteiger partial charge in [0.05, 0.1) is 11.5 Å². The number of hydrogen-bond donors (Lipinski definition) is 1. The molecule has 1 heterocycles. The van der Waals surface area contributed by atoms with Gasteiger partial charge in [-0.2, -0.15) is 0 Å². The van der Waals surface area contributed by atoms with Crippen molar-refractivity contribution in [3.8, 4) is 0 Å². The monoisotopic (exact) mass is 225 g/mol. The first-order valence-corrected chi connectivity index (χ1v) is 5.10. The highest BCUT2D eigenvalue weighted by Crippen LogP contribution is 2.08. The molecule has 0 aliphatic carbocycles. The molecule has 0 aromatic heterocycles. The second-order valence-corrected chi connectivity index (χ2v) is 4.66. The molecule has 0 atom stereocenters. The Morgan fingerprint density at radius 1 is 0.923 bits per heavy atom. The molecule has 0 radical (unpaired) electrons. The average molecular weight is 225 g/mol. The van der Waals surface area contributed by atoms with Crippen LogP contribution in [0.5, 0.6) is 0 Å². The van der Waals surface area contributed by atoms with Crippen molar-refractivity contribution in [2.24, 2.45) is 0 Å². The van der Waals surface area contributed by atoms with Gasteiger partial charge in [-0.15, -0.1) is 0 Å². The van der Waals surface area contributed by atoms with Gasteiger partial charge in [-0.1, -0.05) is 0 Å². The van der Waals surface area contributed by atoms with Gasteiger partial charge in [-0.3, -0.25) is 0 Å². The Morgan fingerprint density at radius 2 is 1.15 bits per heavy atom. The summed E-state index contributed by atoms with van der Waals surface area (Å²) < 4.78 is 59.9. The molecule has 0 spiro atoms. The third-order valence-electron chi connectivity index (χ3n) is 1.16. The first-order chi connectivity index (χ1) is 5.21. The number of quaternary nitrogens is 1. The van der Waals surface area contributed by atoms with Crippen LogP contribution in [0, 0.1) is 0 Å². The van der Waals surface area contributed by atoms with Crippen molar-refractivity contribution in [1.29, 1.82) is 0 Å². The van der Waals surface area contributed by atoms with Gasteiger partial charge in [-0.05, 0) is 12.8 Å². The SMILES string of the molecule is F[B-](F)(F)F.O=S1(=O)CCCC1.[NH4+]. The van der Waals surface area contributed by atoms with E-state index in [4.69, 9.17) is 0 Å². The lowest BCUT2D eigenvalue weighted by atomic mass is 10.3. The van der Waals surface area contributed by atoms with E-state index in [9.17, 15) is 25.7 Å². The largest absolute Gasteiger partial charge is 0.673 e. The second kappa shape index (κ2) is 5.43. The average Bonchev–Trinajstić information content (AvgIpc) is 2.08. The molecular formula is C4H12BF4NO2S. The molecule has 1 aliphatic rings. The minimum Gasteiger partial charge on any atom is -0.418 e. The highest BCUT2D eigenvalue weighted by atomic mass is 32.2. The Morgan fingerprint density at radius 3 is 1.23 bits per heavy atom. The van der Waals surface area contributed by atoms with E-state index < -0.39 is 17.1 Å². The van der Waals surface area contributed by atoms with Crippen molar-refractivity contribution >= 4 is 17.1 Å². The minimum atomic E-state index is -6.00. The summed E-state index contributed by atoms with van der Waals surface area (Å²) in [6.07, 6.45) is 1.75. The molecule has 1 fully saturated rings. The van der Waals surface area contributed by atoms with Crippen molar-refractivity contribution in [3.05, 3.63) is 0 Å². The first kappa shape index (κ1) is 15.2. The van der Waals surface area contributed by atoms with Crippen LogP contribution in [-0.2, 0) is 9.84 Å². The summed E-state index contributed by atoms with van der Waals surface area (Å²) in [6, 6.07) is 0. The molecule has 1 aliphatic heterocycles. The van der Waals surface area contributed by atoms with Crippen LogP contribution in [0.1, 0.15) is 12.8 Å². The zero-order chi connectivity index (χ0) is 9.83. The fourth-order valence-electron chi connectivity index (χ4n) is 0.746. The van der Waals surface area contributed by atoms with Crippen LogP contribution in [0.3, 0.4) is 0 Å². The molecule has 4 N–H and O–H groups in total. The third kappa shape index (κ3) is 14.5. The van der Waals surface area contributed by atoms with Crippen LogP contribution < -0.4 is 6.15 Å². The Balaban J connectivity index is 0. The summed E-state index contributed by atoms with van der Waals surface area (Å²) in [4.78, 5) is 0. The van der Waals surface area contributed by atoms with Gasteiger partial charge in [0.15, 0.2) is 0 Å². The molecule has 82 valence electrons. The van der Waals surface area contributed by atoms with Gasteiger partial charge >= 0.3 is 7.25 Å². The molecule has 0 aromatic rings. The van der Waals surface area contributed by atoms with E-state index in [1.165, 1.54) is 0 Å². The van der Waals surface area contributed by atoms with E-state index in [0.717, 1.165) is 12.8 Å². The summed E-state index contributed by atoms with van der Waals surface area (Å²) in [5, 5.41) is 0. The third-order valence-corrected chi connectivity index (χ3v) is 2.98. The maximum Gasteiger partial charge on any atom is 0.673 e. The molecule has 0 aromatic carbocycles. The Bertz CT molecular complexity index is 209. The van der Waals surface area contributed by atoms with Crippen LogP contribution >= 0.6 is 0 Å².